The zero-order chi connectivity index (χ0) is 26.3. The number of ether oxygens (including phenoxy) is 1. The summed E-state index contributed by atoms with van der Waals surface area (Å²) >= 11 is 6.03. The Morgan fingerprint density at radius 1 is 1.06 bits per heavy atom. The fourth-order valence-electron chi connectivity index (χ4n) is 3.94. The van der Waals surface area contributed by atoms with Crippen LogP contribution in [0.15, 0.2) is 48.5 Å². The third-order valence-electron chi connectivity index (χ3n) is 5.45. The van der Waals surface area contributed by atoms with Crippen molar-refractivity contribution < 1.29 is 27.5 Å². The lowest BCUT2D eigenvalue weighted by Crippen LogP contribution is -2.40. The Balaban J connectivity index is 1.66. The summed E-state index contributed by atoms with van der Waals surface area (Å²) in [4.78, 5) is 26.2. The van der Waals surface area contributed by atoms with Gasteiger partial charge in [-0.25, -0.2) is 9.48 Å². The predicted octanol–water partition coefficient (Wildman–Crippen LogP) is 5.58. The molecule has 7 nitrogen and oxygen atoms in total. The van der Waals surface area contributed by atoms with Crippen molar-refractivity contribution in [2.45, 2.75) is 45.6 Å². The van der Waals surface area contributed by atoms with E-state index in [2.05, 4.69) is 10.4 Å². The van der Waals surface area contributed by atoms with E-state index in [4.69, 9.17) is 16.3 Å². The Labute approximate surface area is 210 Å². The summed E-state index contributed by atoms with van der Waals surface area (Å²) in [6, 6.07) is 11.9. The smallest absolute Gasteiger partial charge is 0.418 e. The molecule has 0 aliphatic carbocycles. The molecule has 1 aliphatic rings. The van der Waals surface area contributed by atoms with Gasteiger partial charge >= 0.3 is 12.3 Å². The summed E-state index contributed by atoms with van der Waals surface area (Å²) < 4.78 is 47.8. The molecule has 4 rings (SSSR count). The highest BCUT2D eigenvalue weighted by atomic mass is 35.5. The quantitative estimate of drug-likeness (QED) is 0.487. The molecule has 1 N–H and O–H groups in total. The largest absolute Gasteiger partial charge is 0.444 e. The lowest BCUT2D eigenvalue weighted by molar-refractivity contribution is -0.137. The second-order valence-corrected chi connectivity index (χ2v) is 9.75. The van der Waals surface area contributed by atoms with Gasteiger partial charge in [-0.3, -0.25) is 4.79 Å². The Morgan fingerprint density at radius 3 is 2.36 bits per heavy atom. The summed E-state index contributed by atoms with van der Waals surface area (Å²) in [5.74, 6) is -0.372. The maximum atomic E-state index is 13.8. The van der Waals surface area contributed by atoms with Crippen LogP contribution >= 0.6 is 11.6 Å². The summed E-state index contributed by atoms with van der Waals surface area (Å²) in [5, 5.41) is 7.39. The van der Waals surface area contributed by atoms with Crippen molar-refractivity contribution in [1.82, 2.24) is 20.0 Å². The van der Waals surface area contributed by atoms with E-state index in [0.717, 1.165) is 6.07 Å². The zero-order valence-electron chi connectivity index (χ0n) is 19.8. The van der Waals surface area contributed by atoms with Crippen LogP contribution in [0.2, 0.25) is 5.02 Å². The standard InChI is InChI=1S/C25H24ClF3N4O3/c1-24(2,3)36-23(35)30-12-21(34)32-13-17-19(14-32)31-33(22(17)15-8-10-16(26)11-9-15)20-7-5-4-6-18(20)25(27,28)29/h4-11H,12-14H2,1-3H3,(H,30,35). The topological polar surface area (TPSA) is 76.5 Å². The van der Waals surface area contributed by atoms with Crippen molar-refractivity contribution in [3.63, 3.8) is 0 Å². The maximum absolute atomic E-state index is 13.8. The van der Waals surface area contributed by atoms with E-state index in [1.165, 1.54) is 27.8 Å². The van der Waals surface area contributed by atoms with Crippen molar-refractivity contribution in [3.8, 4) is 16.9 Å². The molecule has 36 heavy (non-hydrogen) atoms. The van der Waals surface area contributed by atoms with Gasteiger partial charge in [0.25, 0.3) is 0 Å². The average Bonchev–Trinajstić information content (AvgIpc) is 3.35. The number of carbonyl (C=O) groups is 2. The van der Waals surface area contributed by atoms with E-state index in [9.17, 15) is 22.8 Å². The molecule has 1 aliphatic heterocycles. The third-order valence-corrected chi connectivity index (χ3v) is 5.70. The number of alkyl carbamates (subject to hydrolysis) is 1. The summed E-state index contributed by atoms with van der Waals surface area (Å²) in [7, 11) is 0. The molecule has 0 atom stereocenters. The minimum absolute atomic E-state index is 0.0892. The van der Waals surface area contributed by atoms with E-state index >= 15 is 0 Å². The first-order valence-electron chi connectivity index (χ1n) is 11.1. The molecule has 2 amide bonds. The molecular formula is C25H24ClF3N4O3. The van der Waals surface area contributed by atoms with Gasteiger partial charge in [0.2, 0.25) is 5.91 Å². The highest BCUT2D eigenvalue weighted by Gasteiger charge is 2.37. The number of halogens is 4. The lowest BCUT2D eigenvalue weighted by Gasteiger charge is -2.21. The van der Waals surface area contributed by atoms with Gasteiger partial charge in [0.1, 0.15) is 12.1 Å². The molecule has 11 heteroatoms. The summed E-state index contributed by atoms with van der Waals surface area (Å²) in [6.07, 6.45) is -5.30. The van der Waals surface area contributed by atoms with Gasteiger partial charge in [0.15, 0.2) is 0 Å². The summed E-state index contributed by atoms with van der Waals surface area (Å²) in [6.45, 7) is 5.06. The Kier molecular flexibility index (Phi) is 6.74. The van der Waals surface area contributed by atoms with Crippen molar-refractivity contribution in [3.05, 3.63) is 70.4 Å². The molecule has 190 valence electrons. The number of amides is 2. The number of alkyl halides is 3. The molecule has 0 radical (unpaired) electrons. The number of carbonyl (C=O) groups excluding carboxylic acids is 2. The van der Waals surface area contributed by atoms with E-state index in [0.29, 0.717) is 27.5 Å². The van der Waals surface area contributed by atoms with Gasteiger partial charge in [0, 0.05) is 16.1 Å². The van der Waals surface area contributed by atoms with Crippen LogP contribution in [0.25, 0.3) is 16.9 Å². The van der Waals surface area contributed by atoms with E-state index in [1.54, 1.807) is 45.0 Å². The second kappa shape index (κ2) is 9.50. The van der Waals surface area contributed by atoms with Crippen LogP contribution in [0.3, 0.4) is 0 Å². The molecule has 2 aromatic carbocycles. The minimum atomic E-state index is -4.58. The molecule has 0 bridgehead atoms. The SMILES string of the molecule is CC(C)(C)OC(=O)NCC(=O)N1Cc2nn(-c3ccccc3C(F)(F)F)c(-c3ccc(Cl)cc3)c2C1. The van der Waals surface area contributed by atoms with Crippen molar-refractivity contribution >= 4 is 23.6 Å². The van der Waals surface area contributed by atoms with Crippen LogP contribution in [0.1, 0.15) is 37.6 Å². The lowest BCUT2D eigenvalue weighted by atomic mass is 10.1. The molecule has 0 spiro atoms. The van der Waals surface area contributed by atoms with Gasteiger partial charge in [0.05, 0.1) is 35.7 Å². The number of aromatic nitrogens is 2. The number of nitrogens with one attached hydrogen (secondary N) is 1. The number of rotatable bonds is 4. The summed E-state index contributed by atoms with van der Waals surface area (Å²) in [5.41, 5.74) is 0.494. The van der Waals surface area contributed by atoms with E-state index < -0.39 is 23.4 Å². The van der Waals surface area contributed by atoms with Gasteiger partial charge in [-0.05, 0) is 45.0 Å². The number of fused-ring (bicyclic) bond motifs is 1. The molecule has 0 unspecified atom stereocenters. The van der Waals surface area contributed by atoms with Gasteiger partial charge in [-0.1, -0.05) is 35.9 Å². The predicted molar refractivity (Wildman–Crippen MR) is 128 cm³/mol. The van der Waals surface area contributed by atoms with Crippen LogP contribution in [0.4, 0.5) is 18.0 Å². The Bertz CT molecular complexity index is 1300. The number of benzene rings is 2. The molecule has 3 aromatic rings. The Morgan fingerprint density at radius 2 is 1.72 bits per heavy atom. The second-order valence-electron chi connectivity index (χ2n) is 9.31. The van der Waals surface area contributed by atoms with Crippen molar-refractivity contribution in [1.29, 1.82) is 0 Å². The van der Waals surface area contributed by atoms with E-state index in [1.807, 2.05) is 0 Å². The van der Waals surface area contributed by atoms with Crippen LogP contribution in [-0.4, -0.2) is 38.8 Å². The number of hydrogen-bond acceptors (Lipinski definition) is 4. The fraction of sp³-hybridized carbons (Fsp3) is 0.320. The van der Waals surface area contributed by atoms with Gasteiger partial charge in [-0.15, -0.1) is 0 Å². The molecule has 1 aromatic heterocycles. The molecule has 0 fully saturated rings. The van der Waals surface area contributed by atoms with Crippen LogP contribution < -0.4 is 5.32 Å². The Hall–Kier alpha value is -3.53. The highest BCUT2D eigenvalue weighted by Crippen LogP contribution is 2.39. The highest BCUT2D eigenvalue weighted by molar-refractivity contribution is 6.30. The van der Waals surface area contributed by atoms with Crippen LogP contribution in [0.5, 0.6) is 0 Å². The zero-order valence-corrected chi connectivity index (χ0v) is 20.6. The van der Waals surface area contributed by atoms with Gasteiger partial charge in [-0.2, -0.15) is 18.3 Å². The molecule has 0 saturated carbocycles. The third kappa shape index (κ3) is 5.48. The normalized spacial score (nSPS) is 13.5. The van der Waals surface area contributed by atoms with Crippen molar-refractivity contribution in [2.75, 3.05) is 6.54 Å². The molecular weight excluding hydrogens is 497 g/mol. The van der Waals surface area contributed by atoms with E-state index in [-0.39, 0.29) is 31.2 Å². The molecule has 0 saturated heterocycles. The maximum Gasteiger partial charge on any atom is 0.418 e. The average molecular weight is 521 g/mol. The number of hydrogen-bond donors (Lipinski definition) is 1. The van der Waals surface area contributed by atoms with Crippen LogP contribution in [0, 0.1) is 0 Å². The first-order valence-corrected chi connectivity index (χ1v) is 11.5. The van der Waals surface area contributed by atoms with Gasteiger partial charge < -0.3 is 15.0 Å². The fourth-order valence-corrected chi connectivity index (χ4v) is 4.07. The number of para-hydroxylation sites is 1. The van der Waals surface area contributed by atoms with Crippen molar-refractivity contribution in [2.24, 2.45) is 0 Å². The van der Waals surface area contributed by atoms with Crippen LogP contribution in [-0.2, 0) is 28.8 Å². The first-order chi connectivity index (χ1) is 16.8. The minimum Gasteiger partial charge on any atom is -0.444 e. The number of nitrogens with zero attached hydrogens (tertiary/aromatic N) is 3. The first kappa shape index (κ1) is 25.6. The molecule has 2 heterocycles. The monoisotopic (exact) mass is 520 g/mol.